The van der Waals surface area contributed by atoms with Crippen LogP contribution in [0.2, 0.25) is 0 Å². The summed E-state index contributed by atoms with van der Waals surface area (Å²) in [4.78, 5) is 4.69. The lowest BCUT2D eigenvalue weighted by atomic mass is 9.88. The topological polar surface area (TPSA) is 35.9 Å². The summed E-state index contributed by atoms with van der Waals surface area (Å²) in [5.74, 6) is 6.70. The summed E-state index contributed by atoms with van der Waals surface area (Å²) in [6, 6.07) is 0. The first-order chi connectivity index (χ1) is 9.92. The van der Waals surface area contributed by atoms with Gasteiger partial charge < -0.3 is 9.84 Å². The molecule has 0 radical (unpaired) electrons. The van der Waals surface area contributed by atoms with Gasteiger partial charge in [0.1, 0.15) is 5.60 Å². The summed E-state index contributed by atoms with van der Waals surface area (Å²) in [6.07, 6.45) is 3.35. The standard InChI is InChI=1S/C17H30N2O2/c1-16(2)6-4-7-17(3,21-16)8-5-9-18-10-12-19(13-11-18)14-15-20/h20H,4,6-7,9-15H2,1-3H3. The summed E-state index contributed by atoms with van der Waals surface area (Å²) in [7, 11) is 0. The molecule has 1 N–H and O–H groups in total. The maximum absolute atomic E-state index is 8.95. The van der Waals surface area contributed by atoms with Gasteiger partial charge in [0.15, 0.2) is 0 Å². The average molecular weight is 294 g/mol. The maximum atomic E-state index is 8.95. The van der Waals surface area contributed by atoms with Crippen LogP contribution in [-0.4, -0.2) is 72.0 Å². The number of hydrogen-bond acceptors (Lipinski definition) is 4. The first-order valence-corrected chi connectivity index (χ1v) is 8.18. The highest BCUT2D eigenvalue weighted by molar-refractivity contribution is 5.15. The maximum Gasteiger partial charge on any atom is 0.126 e. The van der Waals surface area contributed by atoms with Crippen LogP contribution in [0.5, 0.6) is 0 Å². The lowest BCUT2D eigenvalue weighted by molar-refractivity contribution is -0.135. The summed E-state index contributed by atoms with van der Waals surface area (Å²) in [5, 5.41) is 8.95. The minimum atomic E-state index is -0.277. The van der Waals surface area contributed by atoms with Crippen molar-refractivity contribution in [2.24, 2.45) is 0 Å². The predicted molar refractivity (Wildman–Crippen MR) is 85.2 cm³/mol. The van der Waals surface area contributed by atoms with Gasteiger partial charge in [0.2, 0.25) is 0 Å². The fourth-order valence-electron chi connectivity index (χ4n) is 3.30. The Balaban J connectivity index is 1.79. The molecule has 120 valence electrons. The highest BCUT2D eigenvalue weighted by Crippen LogP contribution is 2.34. The van der Waals surface area contributed by atoms with E-state index >= 15 is 0 Å². The van der Waals surface area contributed by atoms with Crippen molar-refractivity contribution in [3.8, 4) is 11.8 Å². The molecule has 21 heavy (non-hydrogen) atoms. The molecule has 1 atom stereocenters. The number of aliphatic hydroxyl groups is 1. The fraction of sp³-hybridized carbons (Fsp3) is 0.882. The molecule has 4 heteroatoms. The molecule has 2 aliphatic rings. The third-order valence-corrected chi connectivity index (χ3v) is 4.47. The van der Waals surface area contributed by atoms with Crippen molar-refractivity contribution < 1.29 is 9.84 Å². The van der Waals surface area contributed by atoms with Crippen molar-refractivity contribution >= 4 is 0 Å². The second kappa shape index (κ2) is 7.11. The minimum absolute atomic E-state index is 0.0440. The quantitative estimate of drug-likeness (QED) is 0.797. The van der Waals surface area contributed by atoms with E-state index in [-0.39, 0.29) is 17.8 Å². The van der Waals surface area contributed by atoms with E-state index in [9.17, 15) is 0 Å². The molecule has 2 aliphatic heterocycles. The van der Waals surface area contributed by atoms with Gasteiger partial charge in [-0.1, -0.05) is 11.8 Å². The second-order valence-corrected chi connectivity index (χ2v) is 7.09. The summed E-state index contributed by atoms with van der Waals surface area (Å²) in [6.45, 7) is 12.5. The lowest BCUT2D eigenvalue weighted by Crippen LogP contribution is -2.47. The monoisotopic (exact) mass is 294 g/mol. The van der Waals surface area contributed by atoms with E-state index in [4.69, 9.17) is 9.84 Å². The van der Waals surface area contributed by atoms with E-state index in [1.807, 2.05) is 0 Å². The van der Waals surface area contributed by atoms with Crippen molar-refractivity contribution in [1.29, 1.82) is 0 Å². The van der Waals surface area contributed by atoms with E-state index in [0.717, 1.165) is 52.1 Å². The zero-order valence-corrected chi connectivity index (χ0v) is 13.8. The Morgan fingerprint density at radius 3 is 2.33 bits per heavy atom. The van der Waals surface area contributed by atoms with Crippen LogP contribution in [0.15, 0.2) is 0 Å². The molecule has 0 amide bonds. The molecule has 0 bridgehead atoms. The smallest absolute Gasteiger partial charge is 0.126 e. The molecule has 0 spiro atoms. The van der Waals surface area contributed by atoms with Gasteiger partial charge in [0.25, 0.3) is 0 Å². The van der Waals surface area contributed by atoms with Crippen LogP contribution in [0.25, 0.3) is 0 Å². The number of rotatable bonds is 3. The largest absolute Gasteiger partial charge is 0.395 e. The van der Waals surface area contributed by atoms with E-state index in [1.165, 1.54) is 6.42 Å². The van der Waals surface area contributed by atoms with Gasteiger partial charge in [-0.15, -0.1) is 0 Å². The molecular weight excluding hydrogens is 264 g/mol. The number of β-amino-alcohol motifs (C(OH)–C–C–N with tert-alkyl or cyclic N) is 1. The van der Waals surface area contributed by atoms with Gasteiger partial charge in [0.05, 0.1) is 18.8 Å². The summed E-state index contributed by atoms with van der Waals surface area (Å²) >= 11 is 0. The predicted octanol–water partition coefficient (Wildman–Crippen LogP) is 1.34. The molecule has 2 fully saturated rings. The van der Waals surface area contributed by atoms with E-state index < -0.39 is 0 Å². The lowest BCUT2D eigenvalue weighted by Gasteiger charge is -2.40. The zero-order chi connectivity index (χ0) is 15.3. The van der Waals surface area contributed by atoms with Crippen LogP contribution >= 0.6 is 0 Å². The van der Waals surface area contributed by atoms with Gasteiger partial charge in [-0.3, -0.25) is 9.80 Å². The first kappa shape index (κ1) is 16.8. The molecule has 0 aromatic carbocycles. The minimum Gasteiger partial charge on any atom is -0.395 e. The Labute approximate surface area is 129 Å². The van der Waals surface area contributed by atoms with E-state index in [1.54, 1.807) is 0 Å². The van der Waals surface area contributed by atoms with Crippen molar-refractivity contribution in [3.05, 3.63) is 0 Å². The van der Waals surface area contributed by atoms with Gasteiger partial charge in [0, 0.05) is 32.7 Å². The number of nitrogens with zero attached hydrogens (tertiary/aromatic N) is 2. The summed E-state index contributed by atoms with van der Waals surface area (Å²) < 4.78 is 6.17. The average Bonchev–Trinajstić information content (AvgIpc) is 2.39. The molecular formula is C17H30N2O2. The number of aliphatic hydroxyl groups excluding tert-OH is 1. The molecule has 2 rings (SSSR count). The van der Waals surface area contributed by atoms with Crippen LogP contribution in [0.3, 0.4) is 0 Å². The normalized spacial score (nSPS) is 30.7. The van der Waals surface area contributed by atoms with Crippen LogP contribution in [0.1, 0.15) is 40.0 Å². The molecule has 1 unspecified atom stereocenters. The Bertz CT molecular complexity index is 391. The van der Waals surface area contributed by atoms with E-state index in [2.05, 4.69) is 42.4 Å². The second-order valence-electron chi connectivity index (χ2n) is 7.09. The Morgan fingerprint density at radius 1 is 1.05 bits per heavy atom. The molecule has 2 heterocycles. The van der Waals surface area contributed by atoms with Crippen LogP contribution < -0.4 is 0 Å². The Kier molecular flexibility index (Phi) is 5.67. The molecule has 0 aromatic rings. The SMILES string of the molecule is CC1(C)CCCC(C)(C#CCN2CCN(CCO)CC2)O1. The van der Waals surface area contributed by atoms with Gasteiger partial charge in [-0.2, -0.15) is 0 Å². The molecule has 0 aromatic heterocycles. The molecule has 0 aliphatic carbocycles. The van der Waals surface area contributed by atoms with Crippen molar-refractivity contribution in [1.82, 2.24) is 9.80 Å². The number of ether oxygens (including phenoxy) is 1. The molecule has 2 saturated heterocycles. The van der Waals surface area contributed by atoms with Gasteiger partial charge >= 0.3 is 0 Å². The number of hydrogen-bond donors (Lipinski definition) is 1. The zero-order valence-electron chi connectivity index (χ0n) is 13.8. The molecule has 0 saturated carbocycles. The Morgan fingerprint density at radius 2 is 1.71 bits per heavy atom. The van der Waals surface area contributed by atoms with Crippen LogP contribution in [-0.2, 0) is 4.74 Å². The number of piperazine rings is 1. The first-order valence-electron chi connectivity index (χ1n) is 8.18. The van der Waals surface area contributed by atoms with Gasteiger partial charge in [-0.05, 0) is 40.0 Å². The van der Waals surface area contributed by atoms with Crippen molar-refractivity contribution in [2.75, 3.05) is 45.9 Å². The van der Waals surface area contributed by atoms with Gasteiger partial charge in [-0.25, -0.2) is 0 Å². The summed E-state index contributed by atoms with van der Waals surface area (Å²) in [5.41, 5.74) is -0.321. The third kappa shape index (κ3) is 5.27. The van der Waals surface area contributed by atoms with E-state index in [0.29, 0.717) is 0 Å². The third-order valence-electron chi connectivity index (χ3n) is 4.47. The van der Waals surface area contributed by atoms with Crippen molar-refractivity contribution in [2.45, 2.75) is 51.2 Å². The Hall–Kier alpha value is -0.600. The fourth-order valence-corrected chi connectivity index (χ4v) is 3.30. The highest BCUT2D eigenvalue weighted by atomic mass is 16.5. The van der Waals surface area contributed by atoms with Crippen molar-refractivity contribution in [3.63, 3.8) is 0 Å². The highest BCUT2D eigenvalue weighted by Gasteiger charge is 2.35. The van der Waals surface area contributed by atoms with Crippen LogP contribution in [0.4, 0.5) is 0 Å². The molecule has 4 nitrogen and oxygen atoms in total. The van der Waals surface area contributed by atoms with Crippen LogP contribution in [0, 0.1) is 11.8 Å².